The highest BCUT2D eigenvalue weighted by Gasteiger charge is 2.68. The van der Waals surface area contributed by atoms with E-state index in [0.29, 0.717) is 17.9 Å². The number of carbonyl (C=O) groups is 2. The maximum atomic E-state index is 12.5. The standard InChI is InChI=1S/C17H23NO3/c1-6-21-15(20)11-9-7-8-10-12(11)18-14(19)13-16(2,3)17(13,4)5/h7-10,13H,6H2,1-5H3,(H,18,19). The van der Waals surface area contributed by atoms with Gasteiger partial charge in [0.2, 0.25) is 5.91 Å². The predicted molar refractivity (Wildman–Crippen MR) is 82.1 cm³/mol. The Balaban J connectivity index is 2.18. The summed E-state index contributed by atoms with van der Waals surface area (Å²) in [6.45, 7) is 10.4. The van der Waals surface area contributed by atoms with Crippen molar-refractivity contribution in [2.24, 2.45) is 16.7 Å². The van der Waals surface area contributed by atoms with Crippen molar-refractivity contribution in [1.82, 2.24) is 0 Å². The van der Waals surface area contributed by atoms with E-state index in [-0.39, 0.29) is 22.7 Å². The molecular weight excluding hydrogens is 266 g/mol. The lowest BCUT2D eigenvalue weighted by Gasteiger charge is -2.11. The Bertz CT molecular complexity index is 561. The van der Waals surface area contributed by atoms with Crippen LogP contribution in [0.1, 0.15) is 45.0 Å². The Morgan fingerprint density at radius 2 is 1.71 bits per heavy atom. The molecule has 114 valence electrons. The van der Waals surface area contributed by atoms with Gasteiger partial charge in [-0.3, -0.25) is 4.79 Å². The topological polar surface area (TPSA) is 55.4 Å². The molecular formula is C17H23NO3. The van der Waals surface area contributed by atoms with Crippen molar-refractivity contribution in [3.63, 3.8) is 0 Å². The Morgan fingerprint density at radius 3 is 2.24 bits per heavy atom. The molecule has 0 aromatic heterocycles. The molecule has 2 rings (SSSR count). The number of anilines is 1. The molecule has 0 spiro atoms. The van der Waals surface area contributed by atoms with Crippen LogP contribution in [0.4, 0.5) is 5.69 Å². The lowest BCUT2D eigenvalue weighted by molar-refractivity contribution is -0.118. The van der Waals surface area contributed by atoms with E-state index >= 15 is 0 Å². The molecule has 4 nitrogen and oxygen atoms in total. The SMILES string of the molecule is CCOC(=O)c1ccccc1NC(=O)C1C(C)(C)C1(C)C. The van der Waals surface area contributed by atoms with Crippen LogP contribution >= 0.6 is 0 Å². The largest absolute Gasteiger partial charge is 0.462 e. The smallest absolute Gasteiger partial charge is 0.340 e. The van der Waals surface area contributed by atoms with Crippen LogP contribution in [0, 0.1) is 16.7 Å². The third-order valence-corrected chi connectivity index (χ3v) is 4.96. The maximum absolute atomic E-state index is 12.5. The molecule has 1 aromatic carbocycles. The fourth-order valence-corrected chi connectivity index (χ4v) is 3.04. The van der Waals surface area contributed by atoms with Gasteiger partial charge in [0.25, 0.3) is 0 Å². The van der Waals surface area contributed by atoms with Gasteiger partial charge >= 0.3 is 5.97 Å². The van der Waals surface area contributed by atoms with Crippen LogP contribution in [0.3, 0.4) is 0 Å². The zero-order chi connectivity index (χ0) is 15.8. The second-order valence-corrected chi connectivity index (χ2v) is 6.63. The minimum Gasteiger partial charge on any atom is -0.462 e. The molecule has 1 saturated carbocycles. The Kier molecular flexibility index (Phi) is 3.83. The highest BCUT2D eigenvalue weighted by Crippen LogP contribution is 2.68. The summed E-state index contributed by atoms with van der Waals surface area (Å²) in [7, 11) is 0. The highest BCUT2D eigenvalue weighted by molar-refractivity contribution is 6.03. The van der Waals surface area contributed by atoms with Crippen molar-refractivity contribution in [2.45, 2.75) is 34.6 Å². The number of amides is 1. The van der Waals surface area contributed by atoms with E-state index in [1.54, 1.807) is 31.2 Å². The molecule has 0 radical (unpaired) electrons. The molecule has 1 amide bonds. The molecule has 0 saturated heterocycles. The van der Waals surface area contributed by atoms with Crippen LogP contribution in [0.2, 0.25) is 0 Å². The first-order chi connectivity index (χ1) is 9.73. The Morgan fingerprint density at radius 1 is 1.14 bits per heavy atom. The third kappa shape index (κ3) is 2.55. The van der Waals surface area contributed by atoms with Gasteiger partial charge in [0.05, 0.1) is 17.9 Å². The van der Waals surface area contributed by atoms with Crippen LogP contribution in [-0.2, 0) is 9.53 Å². The molecule has 0 atom stereocenters. The number of benzene rings is 1. The normalized spacial score (nSPS) is 18.9. The van der Waals surface area contributed by atoms with E-state index in [9.17, 15) is 9.59 Å². The van der Waals surface area contributed by atoms with Crippen LogP contribution < -0.4 is 5.32 Å². The van der Waals surface area contributed by atoms with Gasteiger partial charge < -0.3 is 10.1 Å². The van der Waals surface area contributed by atoms with Crippen LogP contribution in [0.25, 0.3) is 0 Å². The molecule has 1 aliphatic rings. The summed E-state index contributed by atoms with van der Waals surface area (Å²) in [5, 5.41) is 2.88. The summed E-state index contributed by atoms with van der Waals surface area (Å²) in [5.41, 5.74) is 0.842. The van der Waals surface area contributed by atoms with Gasteiger partial charge in [-0.1, -0.05) is 39.8 Å². The Labute approximate surface area is 125 Å². The number of rotatable bonds is 4. The van der Waals surface area contributed by atoms with E-state index in [0.717, 1.165) is 0 Å². The maximum Gasteiger partial charge on any atom is 0.340 e. The summed E-state index contributed by atoms with van der Waals surface area (Å²) in [6, 6.07) is 6.94. The average molecular weight is 289 g/mol. The number of nitrogens with one attached hydrogen (secondary N) is 1. The van der Waals surface area contributed by atoms with E-state index in [1.165, 1.54) is 0 Å². The van der Waals surface area contributed by atoms with Crippen molar-refractivity contribution in [3.05, 3.63) is 29.8 Å². The fourth-order valence-electron chi connectivity index (χ4n) is 3.04. The van der Waals surface area contributed by atoms with Crippen LogP contribution in [-0.4, -0.2) is 18.5 Å². The minimum absolute atomic E-state index is 0.0318. The molecule has 0 aliphatic heterocycles. The Hall–Kier alpha value is -1.84. The fraction of sp³-hybridized carbons (Fsp3) is 0.529. The molecule has 1 fully saturated rings. The predicted octanol–water partition coefficient (Wildman–Crippen LogP) is 3.48. The molecule has 21 heavy (non-hydrogen) atoms. The molecule has 0 bridgehead atoms. The third-order valence-electron chi connectivity index (χ3n) is 4.96. The highest BCUT2D eigenvalue weighted by atomic mass is 16.5. The first-order valence-electron chi connectivity index (χ1n) is 7.30. The van der Waals surface area contributed by atoms with Gasteiger partial charge in [0.15, 0.2) is 0 Å². The number of carbonyl (C=O) groups excluding carboxylic acids is 2. The van der Waals surface area contributed by atoms with Gasteiger partial charge in [0, 0.05) is 5.92 Å². The second kappa shape index (κ2) is 5.17. The molecule has 4 heteroatoms. The van der Waals surface area contributed by atoms with Gasteiger partial charge in [-0.15, -0.1) is 0 Å². The minimum atomic E-state index is -0.414. The first kappa shape index (κ1) is 15.5. The summed E-state index contributed by atoms with van der Waals surface area (Å²) >= 11 is 0. The zero-order valence-corrected chi connectivity index (χ0v) is 13.3. The molecule has 1 aromatic rings. The number of ether oxygens (including phenoxy) is 1. The van der Waals surface area contributed by atoms with Crippen LogP contribution in [0.5, 0.6) is 0 Å². The van der Waals surface area contributed by atoms with Crippen LogP contribution in [0.15, 0.2) is 24.3 Å². The van der Waals surface area contributed by atoms with E-state index in [4.69, 9.17) is 4.74 Å². The molecule has 1 aliphatic carbocycles. The van der Waals surface area contributed by atoms with Crippen molar-refractivity contribution in [3.8, 4) is 0 Å². The number of hydrogen-bond donors (Lipinski definition) is 1. The summed E-state index contributed by atoms with van der Waals surface area (Å²) in [4.78, 5) is 24.4. The lowest BCUT2D eigenvalue weighted by atomic mass is 10.0. The summed E-state index contributed by atoms with van der Waals surface area (Å²) in [6.07, 6.45) is 0. The van der Waals surface area contributed by atoms with Gasteiger partial charge in [-0.25, -0.2) is 4.79 Å². The van der Waals surface area contributed by atoms with Gasteiger partial charge in [0.1, 0.15) is 0 Å². The summed E-state index contributed by atoms with van der Waals surface area (Å²) in [5.74, 6) is -0.510. The van der Waals surface area contributed by atoms with Crippen molar-refractivity contribution >= 4 is 17.6 Å². The van der Waals surface area contributed by atoms with Crippen molar-refractivity contribution < 1.29 is 14.3 Å². The quantitative estimate of drug-likeness (QED) is 0.863. The van der Waals surface area contributed by atoms with Gasteiger partial charge in [-0.05, 0) is 29.9 Å². The molecule has 0 unspecified atom stereocenters. The molecule has 0 heterocycles. The monoisotopic (exact) mass is 289 g/mol. The number of hydrogen-bond acceptors (Lipinski definition) is 3. The van der Waals surface area contributed by atoms with Crippen molar-refractivity contribution in [2.75, 3.05) is 11.9 Å². The van der Waals surface area contributed by atoms with Crippen molar-refractivity contribution in [1.29, 1.82) is 0 Å². The van der Waals surface area contributed by atoms with Gasteiger partial charge in [-0.2, -0.15) is 0 Å². The first-order valence-corrected chi connectivity index (χ1v) is 7.30. The average Bonchev–Trinajstić information content (AvgIpc) is 2.80. The molecule has 1 N–H and O–H groups in total. The number of esters is 1. The van der Waals surface area contributed by atoms with E-state index in [1.807, 2.05) is 0 Å². The second-order valence-electron chi connectivity index (χ2n) is 6.63. The number of para-hydroxylation sites is 1. The van der Waals surface area contributed by atoms with E-state index in [2.05, 4.69) is 33.0 Å². The lowest BCUT2D eigenvalue weighted by Crippen LogP contribution is -2.20. The summed E-state index contributed by atoms with van der Waals surface area (Å²) < 4.78 is 5.02. The zero-order valence-electron chi connectivity index (χ0n) is 13.3. The van der Waals surface area contributed by atoms with E-state index < -0.39 is 5.97 Å².